The maximum absolute atomic E-state index is 12.5. The van der Waals surface area contributed by atoms with E-state index in [1.165, 1.54) is 38.3 Å². The van der Waals surface area contributed by atoms with Crippen LogP contribution in [0.15, 0.2) is 29.4 Å². The molecule has 1 atom stereocenters. The summed E-state index contributed by atoms with van der Waals surface area (Å²) < 4.78 is 26.1. The van der Waals surface area contributed by atoms with Gasteiger partial charge in [0, 0.05) is 32.5 Å². The average Bonchev–Trinajstić information content (AvgIpc) is 2.81. The predicted molar refractivity (Wildman–Crippen MR) is 92.9 cm³/mol. The second-order valence-electron chi connectivity index (χ2n) is 6.42. The molecule has 1 aliphatic heterocycles. The minimum Gasteiger partial charge on any atom is -0.342 e. The van der Waals surface area contributed by atoms with Crippen molar-refractivity contribution in [3.8, 4) is 0 Å². The Balaban J connectivity index is 1.96. The predicted octanol–water partition coefficient (Wildman–Crippen LogP) is 2.13. The first-order valence-electron chi connectivity index (χ1n) is 8.59. The van der Waals surface area contributed by atoms with Gasteiger partial charge in [-0.2, -0.15) is 4.31 Å². The van der Waals surface area contributed by atoms with Gasteiger partial charge in [0.25, 0.3) is 0 Å². The van der Waals surface area contributed by atoms with E-state index in [2.05, 4.69) is 11.9 Å². The summed E-state index contributed by atoms with van der Waals surface area (Å²) in [5, 5.41) is 0. The van der Waals surface area contributed by atoms with E-state index >= 15 is 0 Å². The van der Waals surface area contributed by atoms with Gasteiger partial charge in [0.1, 0.15) is 4.90 Å². The lowest BCUT2D eigenvalue weighted by Gasteiger charge is -2.24. The fraction of sp³-hybridized carbons (Fsp3) is 0.647. The number of amides is 1. The van der Waals surface area contributed by atoms with Crippen LogP contribution in [0.2, 0.25) is 0 Å². The van der Waals surface area contributed by atoms with Crippen LogP contribution in [0.5, 0.6) is 0 Å². The van der Waals surface area contributed by atoms with Crippen molar-refractivity contribution in [2.24, 2.45) is 5.92 Å². The number of hydrogen-bond acceptors (Lipinski definition) is 4. The first-order valence-corrected chi connectivity index (χ1v) is 10.0. The zero-order chi connectivity index (χ0) is 17.6. The molecule has 0 spiro atoms. The molecule has 1 aromatic rings. The zero-order valence-corrected chi connectivity index (χ0v) is 15.3. The maximum atomic E-state index is 12.5. The van der Waals surface area contributed by atoms with E-state index in [0.717, 1.165) is 36.7 Å². The Labute approximate surface area is 144 Å². The third-order valence-electron chi connectivity index (χ3n) is 4.60. The number of rotatable bonds is 6. The number of likely N-dealkylation sites (N-methyl/N-ethyl adjacent to an activating group) is 1. The van der Waals surface area contributed by atoms with Crippen LogP contribution in [0.1, 0.15) is 39.0 Å². The summed E-state index contributed by atoms with van der Waals surface area (Å²) in [7, 11) is -2.24. The van der Waals surface area contributed by atoms with Crippen LogP contribution in [0.25, 0.3) is 0 Å². The minimum absolute atomic E-state index is 0.110. The second-order valence-corrected chi connectivity index (χ2v) is 8.46. The lowest BCUT2D eigenvalue weighted by atomic mass is 9.96. The van der Waals surface area contributed by atoms with Gasteiger partial charge in [0.05, 0.1) is 6.54 Å². The topological polar surface area (TPSA) is 70.6 Å². The molecule has 1 unspecified atom stereocenters. The van der Waals surface area contributed by atoms with Crippen LogP contribution in [-0.4, -0.2) is 55.2 Å². The van der Waals surface area contributed by atoms with Crippen LogP contribution in [0.3, 0.4) is 0 Å². The van der Waals surface area contributed by atoms with E-state index in [4.69, 9.17) is 0 Å². The molecule has 0 radical (unpaired) electrons. The number of carbonyl (C=O) groups excluding carboxylic acids is 1. The molecule has 0 bridgehead atoms. The Morgan fingerprint density at radius 1 is 1.38 bits per heavy atom. The molecule has 0 aromatic carbocycles. The van der Waals surface area contributed by atoms with Gasteiger partial charge in [-0.25, -0.2) is 8.42 Å². The van der Waals surface area contributed by atoms with Gasteiger partial charge in [-0.15, -0.1) is 0 Å². The zero-order valence-electron chi connectivity index (χ0n) is 14.5. The Kier molecular flexibility index (Phi) is 6.74. The van der Waals surface area contributed by atoms with Crippen molar-refractivity contribution in [1.29, 1.82) is 0 Å². The molecular formula is C17H27N3O3S. The fourth-order valence-corrected chi connectivity index (χ4v) is 4.25. The highest BCUT2D eigenvalue weighted by atomic mass is 32.2. The highest BCUT2D eigenvalue weighted by Gasteiger charge is 2.26. The molecule has 1 aliphatic rings. The van der Waals surface area contributed by atoms with Crippen molar-refractivity contribution in [2.75, 3.05) is 26.7 Å². The number of likely N-dealkylation sites (tertiary alicyclic amines) is 1. The quantitative estimate of drug-likeness (QED) is 0.785. The van der Waals surface area contributed by atoms with E-state index in [9.17, 15) is 13.2 Å². The van der Waals surface area contributed by atoms with E-state index in [1.54, 1.807) is 6.07 Å². The van der Waals surface area contributed by atoms with Crippen molar-refractivity contribution < 1.29 is 13.2 Å². The number of pyridine rings is 1. The highest BCUT2D eigenvalue weighted by Crippen LogP contribution is 2.22. The van der Waals surface area contributed by atoms with E-state index < -0.39 is 10.0 Å². The fourth-order valence-electron chi connectivity index (χ4n) is 3.17. The van der Waals surface area contributed by atoms with Gasteiger partial charge in [-0.1, -0.05) is 19.8 Å². The summed E-state index contributed by atoms with van der Waals surface area (Å²) in [6.07, 6.45) is 8.36. The summed E-state index contributed by atoms with van der Waals surface area (Å²) >= 11 is 0. The van der Waals surface area contributed by atoms with E-state index in [1.807, 2.05) is 4.90 Å². The molecule has 1 aromatic heterocycles. The number of hydrogen-bond donors (Lipinski definition) is 0. The van der Waals surface area contributed by atoms with Gasteiger partial charge < -0.3 is 4.90 Å². The molecule has 2 heterocycles. The standard InChI is InChI=1S/C17H27N3O3S/c1-3-6-15-7-5-11-20(12-9-15)17(21)14-19(2)24(22,23)16-8-4-10-18-13-16/h4,8,10,13,15H,3,5-7,9,11-12,14H2,1-2H3. The normalized spacial score (nSPS) is 19.3. The second kappa shape index (κ2) is 8.58. The van der Waals surface area contributed by atoms with Crippen LogP contribution in [-0.2, 0) is 14.8 Å². The Hall–Kier alpha value is -1.47. The van der Waals surface area contributed by atoms with Crippen molar-refractivity contribution in [2.45, 2.75) is 43.9 Å². The van der Waals surface area contributed by atoms with Crippen molar-refractivity contribution in [3.63, 3.8) is 0 Å². The largest absolute Gasteiger partial charge is 0.342 e. The van der Waals surface area contributed by atoms with Gasteiger partial charge in [0.15, 0.2) is 0 Å². The van der Waals surface area contributed by atoms with E-state index in [0.29, 0.717) is 5.92 Å². The van der Waals surface area contributed by atoms with Crippen molar-refractivity contribution >= 4 is 15.9 Å². The molecule has 0 aliphatic carbocycles. The monoisotopic (exact) mass is 353 g/mol. The minimum atomic E-state index is -3.68. The van der Waals surface area contributed by atoms with Crippen LogP contribution in [0, 0.1) is 5.92 Å². The molecule has 2 rings (SSSR count). The Morgan fingerprint density at radius 3 is 2.83 bits per heavy atom. The molecule has 1 fully saturated rings. The van der Waals surface area contributed by atoms with Gasteiger partial charge in [-0.05, 0) is 37.3 Å². The summed E-state index contributed by atoms with van der Waals surface area (Å²) in [6, 6.07) is 3.07. The summed E-state index contributed by atoms with van der Waals surface area (Å²) in [6.45, 7) is 3.51. The molecule has 6 nitrogen and oxygen atoms in total. The molecule has 1 saturated heterocycles. The third-order valence-corrected chi connectivity index (χ3v) is 6.38. The molecule has 0 N–H and O–H groups in total. The number of aromatic nitrogens is 1. The van der Waals surface area contributed by atoms with Crippen LogP contribution >= 0.6 is 0 Å². The maximum Gasteiger partial charge on any atom is 0.244 e. The first kappa shape index (κ1) is 18.9. The molecule has 0 saturated carbocycles. The summed E-state index contributed by atoms with van der Waals surface area (Å²) in [5.41, 5.74) is 0. The lowest BCUT2D eigenvalue weighted by molar-refractivity contribution is -0.131. The average molecular weight is 353 g/mol. The summed E-state index contributed by atoms with van der Waals surface area (Å²) in [5.74, 6) is 0.562. The Bertz CT molecular complexity index is 634. The van der Waals surface area contributed by atoms with Gasteiger partial charge in [0.2, 0.25) is 15.9 Å². The first-order chi connectivity index (χ1) is 11.4. The van der Waals surface area contributed by atoms with Gasteiger partial charge in [-0.3, -0.25) is 9.78 Å². The highest BCUT2D eigenvalue weighted by molar-refractivity contribution is 7.89. The lowest BCUT2D eigenvalue weighted by Crippen LogP contribution is -2.41. The number of carbonyl (C=O) groups is 1. The molecule has 1 amide bonds. The molecular weight excluding hydrogens is 326 g/mol. The SMILES string of the molecule is CCCC1CCCN(C(=O)CN(C)S(=O)(=O)c2cccnc2)CC1. The smallest absolute Gasteiger partial charge is 0.244 e. The van der Waals surface area contributed by atoms with Crippen molar-refractivity contribution in [3.05, 3.63) is 24.5 Å². The van der Waals surface area contributed by atoms with Crippen LogP contribution in [0.4, 0.5) is 0 Å². The van der Waals surface area contributed by atoms with Gasteiger partial charge >= 0.3 is 0 Å². The van der Waals surface area contributed by atoms with E-state index in [-0.39, 0.29) is 17.3 Å². The third kappa shape index (κ3) is 4.77. The molecule has 7 heteroatoms. The molecule has 134 valence electrons. The van der Waals surface area contributed by atoms with Crippen molar-refractivity contribution in [1.82, 2.24) is 14.2 Å². The van der Waals surface area contributed by atoms with Crippen LogP contribution < -0.4 is 0 Å². The number of sulfonamides is 1. The summed E-state index contributed by atoms with van der Waals surface area (Å²) in [4.78, 5) is 18.3. The Morgan fingerprint density at radius 2 is 2.17 bits per heavy atom. The number of nitrogens with zero attached hydrogens (tertiary/aromatic N) is 3. The molecule has 24 heavy (non-hydrogen) atoms.